The lowest BCUT2D eigenvalue weighted by molar-refractivity contribution is -0.253. The zero-order valence-electron chi connectivity index (χ0n) is 15.6. The molecule has 2 aromatic rings. The molecule has 0 spiro atoms. The van der Waals surface area contributed by atoms with E-state index < -0.39 is 46.0 Å². The molecule has 29 heavy (non-hydrogen) atoms. The third-order valence-electron chi connectivity index (χ3n) is 3.47. The van der Waals surface area contributed by atoms with E-state index in [2.05, 4.69) is 9.13 Å². The van der Waals surface area contributed by atoms with Crippen LogP contribution in [0, 0.1) is 11.6 Å². The summed E-state index contributed by atoms with van der Waals surface area (Å²) in [6, 6.07) is 6.94. The summed E-state index contributed by atoms with van der Waals surface area (Å²) in [4.78, 5) is 0. The van der Waals surface area contributed by atoms with Crippen LogP contribution in [0.3, 0.4) is 0 Å². The van der Waals surface area contributed by atoms with Gasteiger partial charge in [0.1, 0.15) is 39.2 Å². The summed E-state index contributed by atoms with van der Waals surface area (Å²) < 4.78 is 98.1. The lowest BCUT2D eigenvalue weighted by atomic mass is 10.0. The maximum absolute atomic E-state index is 14.0. The largest absolute Gasteiger partial charge is 0.591 e. The topological polar surface area (TPSA) is 44.7 Å². The maximum Gasteiger partial charge on any atom is 0.461 e. The Kier molecular flexibility index (Phi) is 6.89. The minimum Gasteiger partial charge on any atom is -0.591 e. The van der Waals surface area contributed by atoms with Gasteiger partial charge in [-0.15, -0.1) is 0 Å². The first-order valence-electron chi connectivity index (χ1n) is 8.22. The summed E-state index contributed by atoms with van der Waals surface area (Å²) in [5.41, 5.74) is -0.0570. The first-order valence-corrected chi connectivity index (χ1v) is 9.33. The van der Waals surface area contributed by atoms with Crippen molar-refractivity contribution in [2.75, 3.05) is 0 Å². The molecule has 3 nitrogen and oxygen atoms in total. The highest BCUT2D eigenvalue weighted by molar-refractivity contribution is 7.91. The smallest absolute Gasteiger partial charge is 0.461 e. The highest BCUT2D eigenvalue weighted by atomic mass is 32.2. The van der Waals surface area contributed by atoms with Gasteiger partial charge in [0.25, 0.3) is 0 Å². The van der Waals surface area contributed by atoms with Crippen molar-refractivity contribution in [3.63, 3.8) is 0 Å². The normalized spacial score (nSPS) is 14.2. The van der Waals surface area contributed by atoms with Crippen LogP contribution < -0.4 is 4.74 Å². The van der Waals surface area contributed by atoms with Gasteiger partial charge in [-0.05, 0) is 57.2 Å². The predicted octanol–water partition coefficient (Wildman–Crippen LogP) is 5.50. The fourth-order valence-corrected chi connectivity index (χ4v) is 2.71. The van der Waals surface area contributed by atoms with E-state index in [-0.39, 0.29) is 16.8 Å². The van der Waals surface area contributed by atoms with Crippen LogP contribution >= 0.6 is 0 Å². The molecule has 0 aliphatic heterocycles. The van der Waals surface area contributed by atoms with Gasteiger partial charge < -0.3 is 9.29 Å². The third kappa shape index (κ3) is 6.14. The minimum absolute atomic E-state index is 0.108. The molecular formula is C19H17F6NO2S. The fourth-order valence-electron chi connectivity index (χ4n) is 2.06. The van der Waals surface area contributed by atoms with E-state index in [1.165, 1.54) is 12.1 Å². The van der Waals surface area contributed by atoms with E-state index in [1.807, 2.05) is 0 Å². The van der Waals surface area contributed by atoms with Gasteiger partial charge in [-0.3, -0.25) is 0 Å². The number of hydrogen-bond acceptors (Lipinski definition) is 3. The van der Waals surface area contributed by atoms with Crippen molar-refractivity contribution in [2.45, 2.75) is 38.1 Å². The Balaban J connectivity index is 2.59. The maximum atomic E-state index is 14.0. The predicted molar refractivity (Wildman–Crippen MR) is 97.9 cm³/mol. The van der Waals surface area contributed by atoms with Gasteiger partial charge in [-0.2, -0.15) is 17.6 Å². The molecule has 1 unspecified atom stereocenters. The van der Waals surface area contributed by atoms with E-state index in [9.17, 15) is 30.9 Å². The van der Waals surface area contributed by atoms with E-state index in [0.29, 0.717) is 6.07 Å². The van der Waals surface area contributed by atoms with Crippen LogP contribution in [0.15, 0.2) is 46.9 Å². The minimum atomic E-state index is -4.84. The summed E-state index contributed by atoms with van der Waals surface area (Å²) >= 11 is -1.85. The number of nitrogens with zero attached hydrogens (tertiary/aromatic N) is 1. The average molecular weight is 437 g/mol. The summed E-state index contributed by atoms with van der Waals surface area (Å²) in [5.74, 6) is -2.52. The molecule has 0 N–H and O–H groups in total. The summed E-state index contributed by atoms with van der Waals surface area (Å²) in [6.07, 6.45) is -8.97. The second kappa shape index (κ2) is 8.66. The number of rotatable bonds is 6. The molecule has 0 saturated heterocycles. The molecule has 0 radical (unpaired) electrons. The van der Waals surface area contributed by atoms with Crippen molar-refractivity contribution in [1.82, 2.24) is 0 Å². The fraction of sp³-hybridized carbons (Fsp3) is 0.316. The number of alkyl halides is 4. The molecule has 2 rings (SSSR count). The lowest BCUT2D eigenvalue weighted by Gasteiger charge is -2.20. The van der Waals surface area contributed by atoms with Crippen molar-refractivity contribution >= 4 is 17.1 Å². The Morgan fingerprint density at radius 3 is 2.07 bits per heavy atom. The van der Waals surface area contributed by atoms with Gasteiger partial charge >= 0.3 is 12.5 Å². The van der Waals surface area contributed by atoms with Crippen molar-refractivity contribution < 1.29 is 35.6 Å². The number of benzene rings is 2. The first-order chi connectivity index (χ1) is 13.3. The third-order valence-corrected chi connectivity index (χ3v) is 4.86. The monoisotopic (exact) mass is 437 g/mol. The van der Waals surface area contributed by atoms with Crippen LogP contribution in [0.1, 0.15) is 31.9 Å². The Labute approximate surface area is 166 Å². The van der Waals surface area contributed by atoms with Crippen LogP contribution in [0.2, 0.25) is 0 Å². The Morgan fingerprint density at radius 1 is 0.966 bits per heavy atom. The molecule has 0 heterocycles. The van der Waals surface area contributed by atoms with Crippen molar-refractivity contribution in [2.24, 2.45) is 4.40 Å². The van der Waals surface area contributed by atoms with Crippen LogP contribution in [-0.2, 0) is 11.4 Å². The number of ether oxygens (including phenoxy) is 1. The number of halogens is 6. The van der Waals surface area contributed by atoms with Gasteiger partial charge in [0.15, 0.2) is 0 Å². The molecule has 1 atom stereocenters. The van der Waals surface area contributed by atoms with E-state index in [4.69, 9.17) is 0 Å². The van der Waals surface area contributed by atoms with Gasteiger partial charge in [0.2, 0.25) is 0 Å². The summed E-state index contributed by atoms with van der Waals surface area (Å²) in [5, 5.41) is 0. The molecular weight excluding hydrogens is 420 g/mol. The zero-order valence-corrected chi connectivity index (χ0v) is 16.4. The molecule has 10 heteroatoms. The Bertz CT molecular complexity index is 881. The average Bonchev–Trinajstić information content (AvgIpc) is 2.58. The molecule has 2 aromatic carbocycles. The molecule has 158 valence electrons. The lowest BCUT2D eigenvalue weighted by Crippen LogP contribution is -2.33. The highest BCUT2D eigenvalue weighted by Crippen LogP contribution is 2.30. The molecule has 0 saturated carbocycles. The van der Waals surface area contributed by atoms with Gasteiger partial charge in [0.05, 0.1) is 0 Å². The second-order valence-corrected chi connectivity index (χ2v) is 8.85. The van der Waals surface area contributed by atoms with Gasteiger partial charge in [0, 0.05) is 17.2 Å². The van der Waals surface area contributed by atoms with Crippen LogP contribution in [0.25, 0.3) is 0 Å². The second-order valence-electron chi connectivity index (χ2n) is 6.95. The first kappa shape index (κ1) is 23.1. The van der Waals surface area contributed by atoms with Crippen LogP contribution in [0.5, 0.6) is 5.75 Å². The van der Waals surface area contributed by atoms with Gasteiger partial charge in [-0.1, -0.05) is 4.40 Å². The van der Waals surface area contributed by atoms with E-state index in [0.717, 1.165) is 24.3 Å². The van der Waals surface area contributed by atoms with E-state index in [1.54, 1.807) is 20.8 Å². The summed E-state index contributed by atoms with van der Waals surface area (Å²) in [6.45, 7) is 4.87. The molecule has 0 aliphatic carbocycles. The van der Waals surface area contributed by atoms with E-state index >= 15 is 0 Å². The SMILES string of the molecule is CC(C)(C)[S+]([O-])/N=C(/c1ccc(F)cc1)c1cc(F)cc(OC(F)(F)C(F)F)c1. The standard InChI is InChI=1S/C19H17F6NO2S/c1-18(2,3)29(27)26-16(11-4-6-13(20)7-5-11)12-8-14(21)10-15(9-12)28-19(24,25)17(22)23/h4-10,17H,1-3H3/b26-16-. The van der Waals surface area contributed by atoms with Gasteiger partial charge in [-0.25, -0.2) is 8.78 Å². The van der Waals surface area contributed by atoms with Crippen molar-refractivity contribution in [3.8, 4) is 5.75 Å². The molecule has 0 fully saturated rings. The van der Waals surface area contributed by atoms with Crippen molar-refractivity contribution in [3.05, 3.63) is 65.2 Å². The Hall–Kier alpha value is -2.20. The number of hydrogen-bond donors (Lipinski definition) is 0. The molecule has 0 aromatic heterocycles. The molecule has 0 bridgehead atoms. The molecule has 0 aliphatic rings. The zero-order chi connectivity index (χ0) is 22.0. The molecule has 0 amide bonds. The van der Waals surface area contributed by atoms with Crippen molar-refractivity contribution in [1.29, 1.82) is 0 Å². The van der Waals surface area contributed by atoms with Crippen LogP contribution in [-0.4, -0.2) is 27.5 Å². The van der Waals surface area contributed by atoms with Crippen LogP contribution in [0.4, 0.5) is 26.3 Å². The summed E-state index contributed by atoms with van der Waals surface area (Å²) in [7, 11) is 0. The Morgan fingerprint density at radius 2 is 1.55 bits per heavy atom. The highest BCUT2D eigenvalue weighted by Gasteiger charge is 2.44. The quantitative estimate of drug-likeness (QED) is 0.340.